The number of thiophene rings is 1. The van der Waals surface area contributed by atoms with Gasteiger partial charge in [-0.1, -0.05) is 0 Å². The molecular formula is C15H18ClF2N3OS. The Bertz CT molecular complexity index is 622. The van der Waals surface area contributed by atoms with Gasteiger partial charge in [-0.25, -0.2) is 0 Å². The van der Waals surface area contributed by atoms with Gasteiger partial charge in [0.25, 0.3) is 5.91 Å². The predicted octanol–water partition coefficient (Wildman–Crippen LogP) is 3.61. The Balaban J connectivity index is 1.72. The molecule has 0 radical (unpaired) electrons. The van der Waals surface area contributed by atoms with Crippen molar-refractivity contribution in [3.05, 3.63) is 21.9 Å². The van der Waals surface area contributed by atoms with Crippen molar-refractivity contribution in [2.24, 2.45) is 5.10 Å². The van der Waals surface area contributed by atoms with Crippen LogP contribution in [0, 0.1) is 0 Å². The van der Waals surface area contributed by atoms with Crippen LogP contribution < -0.4 is 0 Å². The largest absolute Gasteiger partial charge is 0.343 e. The zero-order valence-electron chi connectivity index (χ0n) is 12.8. The van der Waals surface area contributed by atoms with E-state index in [0.29, 0.717) is 10.6 Å². The van der Waals surface area contributed by atoms with E-state index in [1.165, 1.54) is 23.4 Å². The lowest BCUT2D eigenvalue weighted by molar-refractivity contribution is 0.0102. The number of alkyl halides is 3. The monoisotopic (exact) mass is 361 g/mol. The average Bonchev–Trinajstić information content (AvgIpc) is 3.13. The van der Waals surface area contributed by atoms with Crippen LogP contribution in [0.1, 0.15) is 40.2 Å². The standard InChI is InChI=1S/C15H18ClF2N3OS/c1-20-13(15(16,17)18)9-10(19-20)11-5-6-12(23-11)14(22)21-7-3-2-4-8-21/h5-6,13H,2-4,7-9H2,1H3. The molecule has 0 N–H and O–H groups in total. The van der Waals surface area contributed by atoms with Crippen LogP contribution in [0.25, 0.3) is 0 Å². The number of hydrogen-bond donors (Lipinski definition) is 0. The first-order valence-corrected chi connectivity index (χ1v) is 8.82. The zero-order valence-corrected chi connectivity index (χ0v) is 14.3. The minimum Gasteiger partial charge on any atom is -0.338 e. The molecule has 8 heteroatoms. The van der Waals surface area contributed by atoms with E-state index in [0.717, 1.165) is 37.2 Å². The molecule has 0 aliphatic carbocycles. The van der Waals surface area contributed by atoms with Crippen LogP contribution >= 0.6 is 22.9 Å². The summed E-state index contributed by atoms with van der Waals surface area (Å²) in [5.74, 6) is 0.0205. The summed E-state index contributed by atoms with van der Waals surface area (Å²) in [5.41, 5.74) is 0.556. The van der Waals surface area contributed by atoms with Crippen molar-refractivity contribution in [3.63, 3.8) is 0 Å². The van der Waals surface area contributed by atoms with Gasteiger partial charge in [0.2, 0.25) is 0 Å². The highest BCUT2D eigenvalue weighted by molar-refractivity contribution is 7.16. The number of carbonyl (C=O) groups is 1. The van der Waals surface area contributed by atoms with E-state index in [1.807, 2.05) is 4.90 Å². The van der Waals surface area contributed by atoms with E-state index in [1.54, 1.807) is 12.1 Å². The summed E-state index contributed by atoms with van der Waals surface area (Å²) in [6.07, 6.45) is 3.31. The van der Waals surface area contributed by atoms with Crippen molar-refractivity contribution >= 4 is 34.6 Å². The number of amides is 1. The van der Waals surface area contributed by atoms with Crippen molar-refractivity contribution in [2.45, 2.75) is 37.1 Å². The fourth-order valence-corrected chi connectivity index (χ4v) is 4.14. The van der Waals surface area contributed by atoms with Gasteiger partial charge in [0, 0.05) is 26.6 Å². The maximum Gasteiger partial charge on any atom is 0.343 e. The lowest BCUT2D eigenvalue weighted by atomic mass is 10.1. The smallest absolute Gasteiger partial charge is 0.338 e. The molecule has 1 aromatic rings. The Morgan fingerprint density at radius 2 is 2.04 bits per heavy atom. The molecule has 0 aromatic carbocycles. The van der Waals surface area contributed by atoms with Crippen molar-refractivity contribution in [1.29, 1.82) is 0 Å². The SMILES string of the molecule is CN1N=C(c2ccc(C(=O)N3CCCCC3)s2)CC1C(F)(F)Cl. The summed E-state index contributed by atoms with van der Waals surface area (Å²) in [6.45, 7) is 1.58. The van der Waals surface area contributed by atoms with Crippen molar-refractivity contribution < 1.29 is 13.6 Å². The first-order valence-electron chi connectivity index (χ1n) is 7.63. The molecule has 1 fully saturated rings. The fraction of sp³-hybridized carbons (Fsp3) is 0.600. The number of likely N-dealkylation sites (tertiary alicyclic amines) is 1. The summed E-state index contributed by atoms with van der Waals surface area (Å²) in [4.78, 5) is 15.7. The molecule has 3 heterocycles. The van der Waals surface area contributed by atoms with E-state index in [4.69, 9.17) is 11.6 Å². The molecule has 3 rings (SSSR count). The molecule has 1 saturated heterocycles. The number of carbonyl (C=O) groups excluding carboxylic acids is 1. The predicted molar refractivity (Wildman–Crippen MR) is 87.6 cm³/mol. The molecule has 126 valence electrons. The van der Waals surface area contributed by atoms with Crippen LogP contribution in [0.4, 0.5) is 8.78 Å². The van der Waals surface area contributed by atoms with Gasteiger partial charge >= 0.3 is 5.38 Å². The average molecular weight is 362 g/mol. The van der Waals surface area contributed by atoms with Gasteiger partial charge in [-0.05, 0) is 43.0 Å². The van der Waals surface area contributed by atoms with Gasteiger partial charge < -0.3 is 4.90 Å². The number of rotatable bonds is 3. The maximum atomic E-state index is 13.3. The Kier molecular flexibility index (Phi) is 4.60. The van der Waals surface area contributed by atoms with E-state index >= 15 is 0 Å². The molecule has 0 spiro atoms. The Labute approximate surface area is 142 Å². The molecule has 2 aliphatic rings. The van der Waals surface area contributed by atoms with Crippen molar-refractivity contribution in [2.75, 3.05) is 20.1 Å². The highest BCUT2D eigenvalue weighted by atomic mass is 35.5. The number of piperidine rings is 1. The number of halogens is 3. The highest BCUT2D eigenvalue weighted by Gasteiger charge is 2.44. The second-order valence-electron chi connectivity index (χ2n) is 5.90. The summed E-state index contributed by atoms with van der Waals surface area (Å²) in [7, 11) is 1.49. The fourth-order valence-electron chi connectivity index (χ4n) is 2.95. The van der Waals surface area contributed by atoms with Gasteiger partial charge in [-0.15, -0.1) is 11.3 Å². The summed E-state index contributed by atoms with van der Waals surface area (Å²) < 4.78 is 26.7. The molecule has 0 saturated carbocycles. The van der Waals surface area contributed by atoms with Gasteiger partial charge in [0.05, 0.1) is 15.5 Å². The normalized spacial score (nSPS) is 22.4. The van der Waals surface area contributed by atoms with Gasteiger partial charge in [0.15, 0.2) is 0 Å². The second-order valence-corrected chi connectivity index (χ2v) is 7.49. The minimum atomic E-state index is -3.33. The summed E-state index contributed by atoms with van der Waals surface area (Å²) in [6, 6.07) is 2.39. The Morgan fingerprint density at radius 3 is 2.65 bits per heavy atom. The molecule has 4 nitrogen and oxygen atoms in total. The van der Waals surface area contributed by atoms with Gasteiger partial charge in [0.1, 0.15) is 6.04 Å². The molecule has 1 unspecified atom stereocenters. The van der Waals surface area contributed by atoms with E-state index in [9.17, 15) is 13.6 Å². The third-order valence-electron chi connectivity index (χ3n) is 4.24. The quantitative estimate of drug-likeness (QED) is 0.771. The second kappa shape index (κ2) is 6.36. The van der Waals surface area contributed by atoms with E-state index in [-0.39, 0.29) is 12.3 Å². The summed E-state index contributed by atoms with van der Waals surface area (Å²) in [5, 5.41) is 2.04. The molecule has 1 aromatic heterocycles. The lowest BCUT2D eigenvalue weighted by Gasteiger charge is -2.26. The minimum absolute atomic E-state index is 0.0205. The number of hydrogen-bond acceptors (Lipinski definition) is 4. The molecular weight excluding hydrogens is 344 g/mol. The van der Waals surface area contributed by atoms with Gasteiger partial charge in [-0.2, -0.15) is 13.9 Å². The molecule has 1 atom stereocenters. The first-order chi connectivity index (χ1) is 10.9. The number of nitrogens with zero attached hydrogens (tertiary/aromatic N) is 3. The molecule has 1 amide bonds. The van der Waals surface area contributed by atoms with Crippen LogP contribution in [-0.4, -0.2) is 53.1 Å². The van der Waals surface area contributed by atoms with Crippen LogP contribution in [0.15, 0.2) is 17.2 Å². The van der Waals surface area contributed by atoms with Crippen molar-refractivity contribution in [3.8, 4) is 0 Å². The molecule has 2 aliphatic heterocycles. The van der Waals surface area contributed by atoms with Crippen molar-refractivity contribution in [1.82, 2.24) is 9.91 Å². The van der Waals surface area contributed by atoms with Crippen LogP contribution in [0.3, 0.4) is 0 Å². The number of hydrazone groups is 1. The topological polar surface area (TPSA) is 35.9 Å². The first kappa shape index (κ1) is 16.6. The Morgan fingerprint density at radius 1 is 1.35 bits per heavy atom. The third-order valence-corrected chi connectivity index (χ3v) is 5.61. The zero-order chi connectivity index (χ0) is 16.6. The Hall–Kier alpha value is -1.21. The maximum absolute atomic E-state index is 13.3. The van der Waals surface area contributed by atoms with E-state index in [2.05, 4.69) is 5.10 Å². The van der Waals surface area contributed by atoms with Gasteiger partial charge in [-0.3, -0.25) is 9.80 Å². The third kappa shape index (κ3) is 3.50. The lowest BCUT2D eigenvalue weighted by Crippen LogP contribution is -2.37. The van der Waals surface area contributed by atoms with E-state index < -0.39 is 11.4 Å². The van der Waals surface area contributed by atoms with Crippen LogP contribution in [0.2, 0.25) is 0 Å². The van der Waals surface area contributed by atoms with Crippen LogP contribution in [-0.2, 0) is 0 Å². The summed E-state index contributed by atoms with van der Waals surface area (Å²) >= 11 is 6.45. The highest BCUT2D eigenvalue weighted by Crippen LogP contribution is 2.35. The molecule has 23 heavy (non-hydrogen) atoms. The van der Waals surface area contributed by atoms with Crippen LogP contribution in [0.5, 0.6) is 0 Å². The molecule has 0 bridgehead atoms.